The Hall–Kier alpha value is -1.56. The van der Waals surface area contributed by atoms with Crippen molar-refractivity contribution in [2.24, 2.45) is 0 Å². The first-order valence-corrected chi connectivity index (χ1v) is 6.51. The predicted octanol–water partition coefficient (Wildman–Crippen LogP) is 3.02. The Kier molecular flexibility index (Phi) is 4.32. The van der Waals surface area contributed by atoms with E-state index >= 15 is 0 Å². The molecule has 0 saturated heterocycles. The normalized spacial score (nSPS) is 22.9. The van der Waals surface area contributed by atoms with Crippen molar-refractivity contribution in [1.29, 1.82) is 0 Å². The standard InChI is InChI=1S/C14H16F3NO2/c15-14(16,17)11-6-2-1-4-9(11)10-5-3-7-12(10)18-8-13(19)20/h1-2,4,6,10,12,18H,3,5,7-8H2,(H,19,20). The third-order valence-electron chi connectivity index (χ3n) is 3.70. The summed E-state index contributed by atoms with van der Waals surface area (Å²) in [6.45, 7) is -0.227. The zero-order chi connectivity index (χ0) is 14.8. The van der Waals surface area contributed by atoms with Crippen molar-refractivity contribution in [2.45, 2.75) is 37.4 Å². The van der Waals surface area contributed by atoms with Crippen molar-refractivity contribution in [3.8, 4) is 0 Å². The van der Waals surface area contributed by atoms with Crippen LogP contribution in [0, 0.1) is 0 Å². The molecule has 0 heterocycles. The molecule has 0 bridgehead atoms. The first kappa shape index (κ1) is 14.8. The van der Waals surface area contributed by atoms with Gasteiger partial charge in [0.25, 0.3) is 0 Å². The molecule has 2 N–H and O–H groups in total. The molecule has 3 nitrogen and oxygen atoms in total. The third-order valence-corrected chi connectivity index (χ3v) is 3.70. The molecule has 110 valence electrons. The van der Waals surface area contributed by atoms with Crippen LogP contribution in [0.3, 0.4) is 0 Å². The van der Waals surface area contributed by atoms with Gasteiger partial charge in [-0.25, -0.2) is 0 Å². The lowest BCUT2D eigenvalue weighted by atomic mass is 9.90. The maximum Gasteiger partial charge on any atom is 0.416 e. The summed E-state index contributed by atoms with van der Waals surface area (Å²) in [6.07, 6.45) is -2.24. The first-order valence-electron chi connectivity index (χ1n) is 6.51. The molecule has 0 aromatic heterocycles. The number of benzene rings is 1. The van der Waals surface area contributed by atoms with Crippen LogP contribution in [0.1, 0.15) is 36.3 Å². The van der Waals surface area contributed by atoms with Gasteiger partial charge in [-0.3, -0.25) is 4.79 Å². The number of alkyl halides is 3. The van der Waals surface area contributed by atoms with E-state index in [0.717, 1.165) is 12.5 Å². The molecule has 2 unspecified atom stereocenters. The highest BCUT2D eigenvalue weighted by molar-refractivity contribution is 5.69. The predicted molar refractivity (Wildman–Crippen MR) is 67.5 cm³/mol. The van der Waals surface area contributed by atoms with E-state index in [2.05, 4.69) is 5.32 Å². The summed E-state index contributed by atoms with van der Waals surface area (Å²) in [4.78, 5) is 10.6. The topological polar surface area (TPSA) is 49.3 Å². The molecule has 2 rings (SSSR count). The second-order valence-corrected chi connectivity index (χ2v) is 5.00. The molecule has 0 aliphatic heterocycles. The van der Waals surface area contributed by atoms with Crippen molar-refractivity contribution < 1.29 is 23.1 Å². The fraction of sp³-hybridized carbons (Fsp3) is 0.500. The van der Waals surface area contributed by atoms with Gasteiger partial charge in [0.15, 0.2) is 0 Å². The number of carboxylic acid groups (broad SMARTS) is 1. The van der Waals surface area contributed by atoms with Crippen LogP contribution < -0.4 is 5.32 Å². The number of rotatable bonds is 4. The zero-order valence-electron chi connectivity index (χ0n) is 10.8. The molecular formula is C14H16F3NO2. The molecule has 1 aliphatic rings. The molecule has 20 heavy (non-hydrogen) atoms. The SMILES string of the molecule is O=C(O)CNC1CCCC1c1ccccc1C(F)(F)F. The molecular weight excluding hydrogens is 271 g/mol. The Morgan fingerprint density at radius 1 is 1.30 bits per heavy atom. The molecule has 1 fully saturated rings. The monoisotopic (exact) mass is 287 g/mol. The Morgan fingerprint density at radius 2 is 2.00 bits per heavy atom. The highest BCUT2D eigenvalue weighted by atomic mass is 19.4. The van der Waals surface area contributed by atoms with Gasteiger partial charge in [0.2, 0.25) is 0 Å². The van der Waals surface area contributed by atoms with Crippen LogP contribution in [0.2, 0.25) is 0 Å². The van der Waals surface area contributed by atoms with Crippen molar-refractivity contribution in [2.75, 3.05) is 6.54 Å². The van der Waals surface area contributed by atoms with Crippen LogP contribution in [0.25, 0.3) is 0 Å². The third kappa shape index (κ3) is 3.30. The van der Waals surface area contributed by atoms with Gasteiger partial charge in [-0.2, -0.15) is 13.2 Å². The summed E-state index contributed by atoms with van der Waals surface area (Å²) < 4.78 is 39.1. The second kappa shape index (κ2) is 5.83. The lowest BCUT2D eigenvalue weighted by Crippen LogP contribution is -2.35. The van der Waals surface area contributed by atoms with Crippen LogP contribution in [-0.2, 0) is 11.0 Å². The summed E-state index contributed by atoms with van der Waals surface area (Å²) >= 11 is 0. The fourth-order valence-electron chi connectivity index (χ4n) is 2.87. The lowest BCUT2D eigenvalue weighted by molar-refractivity contribution is -0.139. The minimum atomic E-state index is -4.38. The Labute approximate surface area is 114 Å². The highest BCUT2D eigenvalue weighted by Gasteiger charge is 2.38. The average molecular weight is 287 g/mol. The van der Waals surface area contributed by atoms with Gasteiger partial charge >= 0.3 is 12.1 Å². The number of nitrogens with one attached hydrogen (secondary N) is 1. The van der Waals surface area contributed by atoms with Gasteiger partial charge in [0.1, 0.15) is 0 Å². The van der Waals surface area contributed by atoms with Gasteiger partial charge < -0.3 is 10.4 Å². The van der Waals surface area contributed by atoms with Gasteiger partial charge in [0, 0.05) is 6.04 Å². The molecule has 6 heteroatoms. The quantitative estimate of drug-likeness (QED) is 0.895. The van der Waals surface area contributed by atoms with E-state index in [0.29, 0.717) is 12.8 Å². The lowest BCUT2D eigenvalue weighted by Gasteiger charge is -2.24. The Morgan fingerprint density at radius 3 is 2.65 bits per heavy atom. The number of aliphatic carboxylic acids is 1. The van der Waals surface area contributed by atoms with Crippen molar-refractivity contribution in [3.63, 3.8) is 0 Å². The Bertz CT molecular complexity index is 488. The van der Waals surface area contributed by atoms with Crippen molar-refractivity contribution in [3.05, 3.63) is 35.4 Å². The minimum absolute atomic E-state index is 0.213. The molecule has 1 aromatic rings. The van der Waals surface area contributed by atoms with E-state index < -0.39 is 17.7 Å². The molecule has 0 amide bonds. The molecule has 0 spiro atoms. The number of halogens is 3. The summed E-state index contributed by atoms with van der Waals surface area (Å²) in [7, 11) is 0. The number of carbonyl (C=O) groups is 1. The van der Waals surface area contributed by atoms with Crippen LogP contribution in [0.15, 0.2) is 24.3 Å². The van der Waals surface area contributed by atoms with Gasteiger partial charge in [-0.05, 0) is 30.4 Å². The largest absolute Gasteiger partial charge is 0.480 e. The molecule has 1 aliphatic carbocycles. The zero-order valence-corrected chi connectivity index (χ0v) is 10.8. The average Bonchev–Trinajstić information content (AvgIpc) is 2.83. The first-order chi connectivity index (χ1) is 9.39. The van der Waals surface area contributed by atoms with E-state index in [1.807, 2.05) is 0 Å². The van der Waals surface area contributed by atoms with E-state index in [-0.39, 0.29) is 24.1 Å². The van der Waals surface area contributed by atoms with E-state index in [4.69, 9.17) is 5.11 Å². The van der Waals surface area contributed by atoms with Gasteiger partial charge in [0.05, 0.1) is 12.1 Å². The highest BCUT2D eigenvalue weighted by Crippen LogP contribution is 2.41. The molecule has 2 atom stereocenters. The number of hydrogen-bond acceptors (Lipinski definition) is 2. The maximum atomic E-state index is 13.0. The van der Waals surface area contributed by atoms with Gasteiger partial charge in [-0.15, -0.1) is 0 Å². The van der Waals surface area contributed by atoms with Crippen LogP contribution in [0.5, 0.6) is 0 Å². The van der Waals surface area contributed by atoms with Crippen LogP contribution in [-0.4, -0.2) is 23.7 Å². The minimum Gasteiger partial charge on any atom is -0.480 e. The van der Waals surface area contributed by atoms with Crippen LogP contribution in [0.4, 0.5) is 13.2 Å². The van der Waals surface area contributed by atoms with Crippen molar-refractivity contribution in [1.82, 2.24) is 5.32 Å². The Balaban J connectivity index is 2.24. The summed E-state index contributed by atoms with van der Waals surface area (Å²) in [5, 5.41) is 11.5. The fourth-order valence-corrected chi connectivity index (χ4v) is 2.87. The number of carboxylic acids is 1. The van der Waals surface area contributed by atoms with E-state index in [9.17, 15) is 18.0 Å². The smallest absolute Gasteiger partial charge is 0.416 e. The van der Waals surface area contributed by atoms with Crippen molar-refractivity contribution >= 4 is 5.97 Å². The summed E-state index contributed by atoms with van der Waals surface area (Å²) in [6, 6.07) is 5.34. The maximum absolute atomic E-state index is 13.0. The van der Waals surface area contributed by atoms with Gasteiger partial charge in [-0.1, -0.05) is 24.6 Å². The summed E-state index contributed by atoms with van der Waals surface area (Å²) in [5.41, 5.74) is -0.352. The van der Waals surface area contributed by atoms with E-state index in [1.54, 1.807) is 6.07 Å². The van der Waals surface area contributed by atoms with E-state index in [1.165, 1.54) is 12.1 Å². The molecule has 0 radical (unpaired) electrons. The molecule has 1 saturated carbocycles. The van der Waals surface area contributed by atoms with Crippen LogP contribution >= 0.6 is 0 Å². The molecule has 1 aromatic carbocycles. The second-order valence-electron chi connectivity index (χ2n) is 5.00. The number of hydrogen-bond donors (Lipinski definition) is 2. The summed E-state index contributed by atoms with van der Waals surface area (Å²) in [5.74, 6) is -1.29.